The molecule has 1 aliphatic rings. The molecule has 0 fully saturated rings. The van der Waals surface area contributed by atoms with Crippen molar-refractivity contribution in [2.75, 3.05) is 7.11 Å². The second-order valence-corrected chi connectivity index (χ2v) is 7.95. The van der Waals surface area contributed by atoms with Gasteiger partial charge in [0, 0.05) is 30.3 Å². The second-order valence-electron chi connectivity index (χ2n) is 7.04. The molecule has 0 aliphatic heterocycles. The fourth-order valence-electron chi connectivity index (χ4n) is 3.89. The van der Waals surface area contributed by atoms with Crippen molar-refractivity contribution in [3.8, 4) is 11.1 Å². The van der Waals surface area contributed by atoms with E-state index < -0.39 is 0 Å². The molecule has 0 bridgehead atoms. The lowest BCUT2D eigenvalue weighted by Gasteiger charge is -2.21. The Hall–Kier alpha value is -2.84. The number of carbonyl (C=O) groups excluding carboxylic acids is 1. The van der Waals surface area contributed by atoms with Crippen LogP contribution in [0.15, 0.2) is 51.6 Å². The third-order valence-corrected chi connectivity index (χ3v) is 5.73. The molecule has 1 aromatic carbocycles. The molecule has 0 amide bonds. The number of Topliss-reactive ketones (excluding diaryl/α,β-unsaturated/α-hetero) is 1. The van der Waals surface area contributed by atoms with Gasteiger partial charge in [0.2, 0.25) is 0 Å². The van der Waals surface area contributed by atoms with Gasteiger partial charge in [0.1, 0.15) is 5.76 Å². The van der Waals surface area contributed by atoms with Gasteiger partial charge < -0.3 is 9.15 Å². The number of nitrogens with zero attached hydrogens (tertiary/aromatic N) is 4. The molecule has 29 heavy (non-hydrogen) atoms. The number of carbonyl (C=O) groups is 1. The summed E-state index contributed by atoms with van der Waals surface area (Å²) in [4.78, 5) is 12.7. The fourth-order valence-corrected chi connectivity index (χ4v) is 4.15. The number of methoxy groups -OCH3 is 1. The van der Waals surface area contributed by atoms with Crippen molar-refractivity contribution < 1.29 is 13.9 Å². The molecule has 4 aromatic rings. The van der Waals surface area contributed by atoms with Gasteiger partial charge in [-0.15, -0.1) is 10.2 Å². The Morgan fingerprint density at radius 2 is 2.03 bits per heavy atom. The predicted octanol–water partition coefficient (Wildman–Crippen LogP) is 4.21. The largest absolute Gasteiger partial charge is 0.469 e. The maximum Gasteiger partial charge on any atom is 0.185 e. The zero-order chi connectivity index (χ0) is 20.0. The number of ether oxygens (including phenoxy) is 1. The normalized spacial score (nSPS) is 16.3. The van der Waals surface area contributed by atoms with E-state index in [9.17, 15) is 4.79 Å². The molecule has 1 atom stereocenters. The highest BCUT2D eigenvalue weighted by molar-refractivity contribution is 9.10. The molecule has 0 N–H and O–H groups in total. The summed E-state index contributed by atoms with van der Waals surface area (Å²) in [5.41, 5.74) is 4.34. The lowest BCUT2D eigenvalue weighted by Crippen LogP contribution is -2.24. The number of furan rings is 1. The third kappa shape index (κ3) is 3.08. The number of hydrogen-bond acceptors (Lipinski definition) is 6. The van der Waals surface area contributed by atoms with Crippen LogP contribution in [0.25, 0.3) is 16.8 Å². The fraction of sp³-hybridized carbons (Fsp3) is 0.238. The van der Waals surface area contributed by atoms with Crippen molar-refractivity contribution in [1.82, 2.24) is 19.8 Å². The van der Waals surface area contributed by atoms with Crippen molar-refractivity contribution in [3.63, 3.8) is 0 Å². The summed E-state index contributed by atoms with van der Waals surface area (Å²) in [6.45, 7) is 0.332. The first kappa shape index (κ1) is 18.2. The molecule has 0 saturated carbocycles. The van der Waals surface area contributed by atoms with Gasteiger partial charge in [0.15, 0.2) is 17.1 Å². The van der Waals surface area contributed by atoms with Crippen LogP contribution in [0.1, 0.15) is 40.0 Å². The van der Waals surface area contributed by atoms with Crippen LogP contribution in [0.4, 0.5) is 0 Å². The van der Waals surface area contributed by atoms with Gasteiger partial charge in [0.25, 0.3) is 0 Å². The van der Waals surface area contributed by atoms with E-state index in [4.69, 9.17) is 14.3 Å². The molecule has 3 aromatic heterocycles. The van der Waals surface area contributed by atoms with Gasteiger partial charge in [-0.05, 0) is 29.8 Å². The van der Waals surface area contributed by atoms with Crippen LogP contribution in [0.2, 0.25) is 0 Å². The second kappa shape index (κ2) is 7.20. The molecule has 0 saturated heterocycles. The van der Waals surface area contributed by atoms with E-state index in [2.05, 4.69) is 26.1 Å². The van der Waals surface area contributed by atoms with E-state index in [0.717, 1.165) is 32.7 Å². The van der Waals surface area contributed by atoms with E-state index in [1.165, 1.54) is 0 Å². The minimum absolute atomic E-state index is 0.0383. The smallest absolute Gasteiger partial charge is 0.185 e. The summed E-state index contributed by atoms with van der Waals surface area (Å²) in [5, 5.41) is 13.4. The summed E-state index contributed by atoms with van der Waals surface area (Å²) in [7, 11) is 1.63. The molecule has 0 radical (unpaired) electrons. The average molecular weight is 453 g/mol. The van der Waals surface area contributed by atoms with Crippen LogP contribution in [0.3, 0.4) is 0 Å². The van der Waals surface area contributed by atoms with Gasteiger partial charge in [-0.3, -0.25) is 4.79 Å². The van der Waals surface area contributed by atoms with Gasteiger partial charge in [-0.1, -0.05) is 28.1 Å². The Morgan fingerprint density at radius 3 is 2.76 bits per heavy atom. The summed E-state index contributed by atoms with van der Waals surface area (Å²) in [6.07, 6.45) is 2.59. The van der Waals surface area contributed by atoms with Crippen LogP contribution < -0.4 is 0 Å². The van der Waals surface area contributed by atoms with E-state index >= 15 is 0 Å². The van der Waals surface area contributed by atoms with Crippen LogP contribution in [-0.4, -0.2) is 32.7 Å². The number of fused-ring (bicyclic) bond motifs is 3. The number of hydrogen-bond donors (Lipinski definition) is 0. The zero-order valence-corrected chi connectivity index (χ0v) is 17.2. The highest BCUT2D eigenvalue weighted by atomic mass is 79.9. The lowest BCUT2D eigenvalue weighted by molar-refractivity contribution is 0.0951. The van der Waals surface area contributed by atoms with E-state index in [1.54, 1.807) is 17.9 Å². The monoisotopic (exact) mass is 452 g/mol. The highest BCUT2D eigenvalue weighted by Crippen LogP contribution is 2.35. The summed E-state index contributed by atoms with van der Waals surface area (Å²) in [6, 6.07) is 11.7. The lowest BCUT2D eigenvalue weighted by atomic mass is 9.87. The van der Waals surface area contributed by atoms with Gasteiger partial charge in [-0.2, -0.15) is 5.10 Å². The van der Waals surface area contributed by atoms with Crippen molar-refractivity contribution in [3.05, 3.63) is 70.0 Å². The maximum atomic E-state index is 12.7. The summed E-state index contributed by atoms with van der Waals surface area (Å²) >= 11 is 3.47. The van der Waals surface area contributed by atoms with Crippen molar-refractivity contribution in [2.24, 2.45) is 0 Å². The first-order valence-electron chi connectivity index (χ1n) is 9.24. The molecule has 0 unspecified atom stereocenters. The van der Waals surface area contributed by atoms with Crippen LogP contribution in [0.5, 0.6) is 0 Å². The highest BCUT2D eigenvalue weighted by Gasteiger charge is 2.33. The molecular weight excluding hydrogens is 436 g/mol. The molecule has 8 heteroatoms. The van der Waals surface area contributed by atoms with Crippen LogP contribution >= 0.6 is 15.9 Å². The molecule has 146 valence electrons. The molecule has 0 spiro atoms. The Bertz CT molecular complexity index is 1200. The first-order valence-corrected chi connectivity index (χ1v) is 10.0. The quantitative estimate of drug-likeness (QED) is 0.461. The Balaban J connectivity index is 1.70. The molecule has 3 heterocycles. The Labute approximate surface area is 174 Å². The third-order valence-electron chi connectivity index (χ3n) is 5.20. The number of rotatable bonds is 4. The van der Waals surface area contributed by atoms with Gasteiger partial charge in [-0.25, -0.2) is 4.52 Å². The van der Waals surface area contributed by atoms with Crippen LogP contribution in [-0.2, 0) is 17.8 Å². The minimum atomic E-state index is -0.0453. The number of benzene rings is 1. The van der Waals surface area contributed by atoms with Crippen molar-refractivity contribution >= 4 is 27.4 Å². The minimum Gasteiger partial charge on any atom is -0.469 e. The number of halogens is 1. The summed E-state index contributed by atoms with van der Waals surface area (Å²) < 4.78 is 13.7. The van der Waals surface area contributed by atoms with Gasteiger partial charge >= 0.3 is 0 Å². The van der Waals surface area contributed by atoms with E-state index in [1.807, 2.05) is 36.4 Å². The van der Waals surface area contributed by atoms with E-state index in [0.29, 0.717) is 30.8 Å². The van der Waals surface area contributed by atoms with Crippen molar-refractivity contribution in [2.45, 2.75) is 25.4 Å². The first-order chi connectivity index (χ1) is 14.2. The summed E-state index contributed by atoms with van der Waals surface area (Å²) in [5.74, 6) is 0.714. The molecular formula is C21H17BrN4O3. The predicted molar refractivity (Wildman–Crippen MR) is 109 cm³/mol. The topological polar surface area (TPSA) is 82.5 Å². The number of ketones is 1. The maximum absolute atomic E-state index is 12.7. The molecule has 7 nitrogen and oxygen atoms in total. The zero-order valence-electron chi connectivity index (χ0n) is 15.6. The molecule has 5 rings (SSSR count). The number of aromatic nitrogens is 4. The Morgan fingerprint density at radius 1 is 1.21 bits per heavy atom. The average Bonchev–Trinajstić information content (AvgIpc) is 3.37. The van der Waals surface area contributed by atoms with Crippen LogP contribution in [0, 0.1) is 0 Å². The standard InChI is InChI=1S/C21H17BrN4O3/c1-28-11-15-19(12-4-6-14(22)7-5-12)21-24-23-20-16(26(21)25-15)9-13(10-17(20)27)18-3-2-8-29-18/h2-8,13H,9-11H2,1H3/t13-/m1/s1. The van der Waals surface area contributed by atoms with Crippen molar-refractivity contribution in [1.29, 1.82) is 0 Å². The Kier molecular flexibility index (Phi) is 4.52. The van der Waals surface area contributed by atoms with Gasteiger partial charge in [0.05, 0.1) is 29.8 Å². The van der Waals surface area contributed by atoms with E-state index in [-0.39, 0.29) is 11.7 Å². The SMILES string of the molecule is COCc1nn2c3c(nnc2c1-c1ccc(Br)cc1)C(=O)C[C@H](c1ccco1)C3. The molecule has 1 aliphatic carbocycles.